The summed E-state index contributed by atoms with van der Waals surface area (Å²) in [5, 5.41) is 4.32. The van der Waals surface area contributed by atoms with Crippen LogP contribution in [0.4, 0.5) is 0 Å². The van der Waals surface area contributed by atoms with Crippen molar-refractivity contribution in [2.24, 2.45) is 0 Å². The number of fused-ring (bicyclic) bond motifs is 1. The monoisotopic (exact) mass is 355 g/mol. The van der Waals surface area contributed by atoms with Crippen molar-refractivity contribution in [2.75, 3.05) is 13.6 Å². The Morgan fingerprint density at radius 1 is 1.28 bits per heavy atom. The first-order valence-electron chi connectivity index (χ1n) is 8.58. The van der Waals surface area contributed by atoms with Gasteiger partial charge in [-0.05, 0) is 18.1 Å². The Hall–Kier alpha value is -2.14. The number of hydrogen-bond donors (Lipinski definition) is 1. The number of rotatable bonds is 5. The Morgan fingerprint density at radius 3 is 2.76 bits per heavy atom. The summed E-state index contributed by atoms with van der Waals surface area (Å²) in [6, 6.07) is 8.26. The summed E-state index contributed by atoms with van der Waals surface area (Å²) >= 11 is 1.64. The third-order valence-electron chi connectivity index (χ3n) is 4.34. The van der Waals surface area contributed by atoms with E-state index in [4.69, 9.17) is 0 Å². The lowest BCUT2D eigenvalue weighted by atomic mass is 9.98. The number of carbonyl (C=O) groups is 1. The Bertz CT molecular complexity index is 872. The number of amides is 1. The third-order valence-corrected chi connectivity index (χ3v) is 5.66. The molecule has 0 aliphatic rings. The maximum atomic E-state index is 12.5. The number of aromatic amines is 1. The number of nitrogens with zero attached hydrogens (tertiary/aromatic N) is 2. The zero-order valence-electron chi connectivity index (χ0n) is 15.3. The first-order chi connectivity index (χ1) is 11.8. The highest BCUT2D eigenvalue weighted by atomic mass is 32.1. The number of likely N-dealkylation sites (N-methyl/N-ethyl adjacent to an activating group) is 1. The highest BCUT2D eigenvalue weighted by molar-refractivity contribution is 7.09. The van der Waals surface area contributed by atoms with Crippen molar-refractivity contribution in [3.05, 3.63) is 52.1 Å². The quantitative estimate of drug-likeness (QED) is 0.747. The van der Waals surface area contributed by atoms with E-state index in [1.54, 1.807) is 16.2 Å². The second-order valence-corrected chi connectivity index (χ2v) is 8.35. The molecule has 2 heterocycles. The van der Waals surface area contributed by atoms with Gasteiger partial charge in [0.1, 0.15) is 0 Å². The average Bonchev–Trinajstić information content (AvgIpc) is 3.19. The van der Waals surface area contributed by atoms with Crippen molar-refractivity contribution < 1.29 is 4.79 Å². The fraction of sp³-hybridized carbons (Fsp3) is 0.400. The number of nitrogens with one attached hydrogen (secondary N) is 1. The van der Waals surface area contributed by atoms with E-state index in [1.807, 2.05) is 30.8 Å². The van der Waals surface area contributed by atoms with Gasteiger partial charge in [-0.2, -0.15) is 0 Å². The minimum absolute atomic E-state index is 0.0349. The molecule has 0 aliphatic heterocycles. The lowest BCUT2D eigenvalue weighted by molar-refractivity contribution is -0.129. The van der Waals surface area contributed by atoms with Crippen LogP contribution in [0.3, 0.4) is 0 Å². The number of para-hydroxylation sites is 1. The predicted octanol–water partition coefficient (Wildman–Crippen LogP) is 4.17. The second kappa shape index (κ2) is 7.00. The molecule has 0 unspecified atom stereocenters. The van der Waals surface area contributed by atoms with Gasteiger partial charge in [-0.3, -0.25) is 4.79 Å². The normalized spacial score (nSPS) is 11.8. The molecule has 0 radical (unpaired) electrons. The summed E-state index contributed by atoms with van der Waals surface area (Å²) < 4.78 is 0. The van der Waals surface area contributed by atoms with Crippen molar-refractivity contribution in [2.45, 2.75) is 39.0 Å². The molecule has 0 fully saturated rings. The molecule has 0 saturated heterocycles. The van der Waals surface area contributed by atoms with E-state index in [2.05, 4.69) is 42.9 Å². The fourth-order valence-corrected chi connectivity index (χ4v) is 3.68. The van der Waals surface area contributed by atoms with Crippen molar-refractivity contribution in [1.82, 2.24) is 14.9 Å². The van der Waals surface area contributed by atoms with Crippen molar-refractivity contribution in [1.29, 1.82) is 0 Å². The van der Waals surface area contributed by atoms with Crippen LogP contribution >= 0.6 is 11.3 Å². The van der Waals surface area contributed by atoms with Crippen molar-refractivity contribution in [3.63, 3.8) is 0 Å². The fourth-order valence-electron chi connectivity index (χ4n) is 2.77. The molecule has 1 amide bonds. The van der Waals surface area contributed by atoms with E-state index in [1.165, 1.54) is 10.9 Å². The summed E-state index contributed by atoms with van der Waals surface area (Å²) in [4.78, 5) is 22.2. The minimum atomic E-state index is 0.0349. The van der Waals surface area contributed by atoms with Crippen LogP contribution in [-0.2, 0) is 23.1 Å². The molecule has 1 N–H and O–H groups in total. The van der Waals surface area contributed by atoms with Crippen molar-refractivity contribution in [3.8, 4) is 0 Å². The first-order valence-corrected chi connectivity index (χ1v) is 9.46. The molecule has 4 nitrogen and oxygen atoms in total. The van der Waals surface area contributed by atoms with Gasteiger partial charge in [0.15, 0.2) is 0 Å². The summed E-state index contributed by atoms with van der Waals surface area (Å²) in [7, 11) is 1.87. The molecular weight excluding hydrogens is 330 g/mol. The van der Waals surface area contributed by atoms with Crippen molar-refractivity contribution >= 4 is 28.1 Å². The van der Waals surface area contributed by atoms with E-state index in [0.717, 1.165) is 22.6 Å². The lowest BCUT2D eigenvalue weighted by Gasteiger charge is -2.16. The Balaban J connectivity index is 1.58. The van der Waals surface area contributed by atoms with E-state index >= 15 is 0 Å². The molecule has 132 valence electrons. The number of aromatic nitrogens is 2. The molecule has 5 heteroatoms. The molecule has 3 aromatic rings. The van der Waals surface area contributed by atoms with Gasteiger partial charge in [0.05, 0.1) is 17.1 Å². The largest absolute Gasteiger partial charge is 0.361 e. The summed E-state index contributed by atoms with van der Waals surface area (Å²) in [5.41, 5.74) is 3.30. The van der Waals surface area contributed by atoms with Gasteiger partial charge < -0.3 is 9.88 Å². The number of H-pyrrole nitrogens is 1. The molecule has 0 aliphatic carbocycles. The molecule has 0 bridgehead atoms. The molecule has 1 aromatic carbocycles. The van der Waals surface area contributed by atoms with Crippen LogP contribution in [0.25, 0.3) is 10.9 Å². The highest BCUT2D eigenvalue weighted by Crippen LogP contribution is 2.25. The number of thiazole rings is 1. The van der Waals surface area contributed by atoms with Gasteiger partial charge in [-0.15, -0.1) is 11.3 Å². The molecule has 0 saturated carbocycles. The zero-order valence-corrected chi connectivity index (χ0v) is 16.1. The zero-order chi connectivity index (χ0) is 18.0. The standard InChI is InChI=1S/C20H25N3OS/c1-20(2,3)19-22-15(13-25-19)11-18(24)23(4)10-9-14-12-21-17-8-6-5-7-16(14)17/h5-8,12-13,21H,9-11H2,1-4H3. The first kappa shape index (κ1) is 17.7. The molecule has 25 heavy (non-hydrogen) atoms. The summed E-state index contributed by atoms with van der Waals surface area (Å²) in [6.07, 6.45) is 3.26. The number of carbonyl (C=O) groups excluding carboxylic acids is 1. The van der Waals surface area contributed by atoms with Crippen LogP contribution in [0.15, 0.2) is 35.8 Å². The van der Waals surface area contributed by atoms with Crippen LogP contribution in [-0.4, -0.2) is 34.4 Å². The van der Waals surface area contributed by atoms with E-state index < -0.39 is 0 Å². The predicted molar refractivity (Wildman–Crippen MR) is 104 cm³/mol. The van der Waals surface area contributed by atoms with Crippen LogP contribution in [0.5, 0.6) is 0 Å². The van der Waals surface area contributed by atoms with E-state index in [0.29, 0.717) is 13.0 Å². The van der Waals surface area contributed by atoms with Gasteiger partial charge >= 0.3 is 0 Å². The highest BCUT2D eigenvalue weighted by Gasteiger charge is 2.19. The van der Waals surface area contributed by atoms with Gasteiger partial charge in [0, 0.05) is 41.5 Å². The molecule has 2 aromatic heterocycles. The molecule has 3 rings (SSSR count). The topological polar surface area (TPSA) is 49.0 Å². The SMILES string of the molecule is CN(CCc1c[nH]c2ccccc12)C(=O)Cc1csc(C(C)(C)C)n1. The van der Waals surface area contributed by atoms with Gasteiger partial charge in [-0.1, -0.05) is 39.0 Å². The van der Waals surface area contributed by atoms with Gasteiger partial charge in [0.25, 0.3) is 0 Å². The van der Waals surface area contributed by atoms with Crippen LogP contribution in [0.2, 0.25) is 0 Å². The second-order valence-electron chi connectivity index (χ2n) is 7.50. The molecule has 0 spiro atoms. The lowest BCUT2D eigenvalue weighted by Crippen LogP contribution is -2.30. The number of hydrogen-bond acceptors (Lipinski definition) is 3. The Kier molecular flexibility index (Phi) is 4.95. The molecular formula is C20H25N3OS. The van der Waals surface area contributed by atoms with Gasteiger partial charge in [-0.25, -0.2) is 4.98 Å². The van der Waals surface area contributed by atoms with Crippen LogP contribution < -0.4 is 0 Å². The maximum absolute atomic E-state index is 12.5. The Labute approximate surface area is 152 Å². The average molecular weight is 356 g/mol. The smallest absolute Gasteiger partial charge is 0.228 e. The number of benzene rings is 1. The summed E-state index contributed by atoms with van der Waals surface area (Å²) in [6.45, 7) is 7.14. The maximum Gasteiger partial charge on any atom is 0.228 e. The third kappa shape index (κ3) is 4.10. The van der Waals surface area contributed by atoms with Crippen LogP contribution in [0.1, 0.15) is 37.0 Å². The van der Waals surface area contributed by atoms with Gasteiger partial charge in [0.2, 0.25) is 5.91 Å². The Morgan fingerprint density at radius 2 is 2.04 bits per heavy atom. The van der Waals surface area contributed by atoms with E-state index in [-0.39, 0.29) is 11.3 Å². The molecule has 0 atom stereocenters. The van der Waals surface area contributed by atoms with E-state index in [9.17, 15) is 4.79 Å². The minimum Gasteiger partial charge on any atom is -0.361 e. The van der Waals surface area contributed by atoms with Crippen LogP contribution in [0, 0.1) is 0 Å². The summed E-state index contributed by atoms with van der Waals surface area (Å²) in [5.74, 6) is 0.116.